The van der Waals surface area contributed by atoms with Gasteiger partial charge >= 0.3 is 0 Å². The van der Waals surface area contributed by atoms with E-state index >= 15 is 0 Å². The predicted molar refractivity (Wildman–Crippen MR) is 73.1 cm³/mol. The van der Waals surface area contributed by atoms with Gasteiger partial charge in [-0.3, -0.25) is 4.79 Å². The molecule has 0 aromatic rings. The van der Waals surface area contributed by atoms with Crippen LogP contribution in [0, 0.1) is 0 Å². The van der Waals surface area contributed by atoms with Gasteiger partial charge in [0.15, 0.2) is 0 Å². The van der Waals surface area contributed by atoms with Crippen molar-refractivity contribution < 1.29 is 14.3 Å². The van der Waals surface area contributed by atoms with Gasteiger partial charge < -0.3 is 20.1 Å². The SMILES string of the molecule is O=C(CNCCC1CCCCO1)NC1CCOCC1. The fraction of sp³-hybridized carbons (Fsp3) is 0.929. The van der Waals surface area contributed by atoms with Crippen LogP contribution in [0.1, 0.15) is 38.5 Å². The first kappa shape index (κ1) is 14.8. The molecule has 0 radical (unpaired) electrons. The molecule has 0 spiro atoms. The molecule has 2 aliphatic heterocycles. The van der Waals surface area contributed by atoms with Crippen molar-refractivity contribution in [2.24, 2.45) is 0 Å². The summed E-state index contributed by atoms with van der Waals surface area (Å²) in [4.78, 5) is 11.7. The van der Waals surface area contributed by atoms with Gasteiger partial charge in [0.2, 0.25) is 5.91 Å². The van der Waals surface area contributed by atoms with Crippen molar-refractivity contribution in [1.82, 2.24) is 10.6 Å². The third-order valence-electron chi connectivity index (χ3n) is 3.79. The number of nitrogens with one attached hydrogen (secondary N) is 2. The number of amides is 1. The van der Waals surface area contributed by atoms with Crippen molar-refractivity contribution in [3.8, 4) is 0 Å². The molecule has 2 aliphatic rings. The Morgan fingerprint density at radius 2 is 1.95 bits per heavy atom. The van der Waals surface area contributed by atoms with Crippen LogP contribution in [-0.4, -0.2) is 51.0 Å². The minimum absolute atomic E-state index is 0.0939. The molecule has 19 heavy (non-hydrogen) atoms. The van der Waals surface area contributed by atoms with Gasteiger partial charge in [0.1, 0.15) is 0 Å². The van der Waals surface area contributed by atoms with Crippen LogP contribution in [0.5, 0.6) is 0 Å². The Bertz CT molecular complexity index is 261. The van der Waals surface area contributed by atoms with Crippen LogP contribution < -0.4 is 10.6 Å². The number of carbonyl (C=O) groups excluding carboxylic acids is 1. The summed E-state index contributed by atoms with van der Waals surface area (Å²) in [6.07, 6.45) is 6.88. The zero-order valence-corrected chi connectivity index (χ0v) is 11.7. The minimum atomic E-state index is 0.0939. The van der Waals surface area contributed by atoms with Crippen molar-refractivity contribution in [1.29, 1.82) is 0 Å². The summed E-state index contributed by atoms with van der Waals surface area (Å²) in [7, 11) is 0. The highest BCUT2D eigenvalue weighted by atomic mass is 16.5. The van der Waals surface area contributed by atoms with E-state index in [1.165, 1.54) is 12.8 Å². The highest BCUT2D eigenvalue weighted by Gasteiger charge is 2.16. The average Bonchev–Trinajstić information content (AvgIpc) is 2.46. The van der Waals surface area contributed by atoms with E-state index in [9.17, 15) is 4.79 Å². The first-order valence-corrected chi connectivity index (χ1v) is 7.54. The number of rotatable bonds is 6. The number of hydrogen-bond acceptors (Lipinski definition) is 4. The lowest BCUT2D eigenvalue weighted by Crippen LogP contribution is -2.43. The Morgan fingerprint density at radius 1 is 1.11 bits per heavy atom. The fourth-order valence-electron chi connectivity index (χ4n) is 2.62. The molecule has 0 bridgehead atoms. The van der Waals surface area contributed by atoms with E-state index in [0.717, 1.165) is 52.0 Å². The van der Waals surface area contributed by atoms with Gasteiger partial charge in [-0.1, -0.05) is 0 Å². The Morgan fingerprint density at radius 3 is 2.68 bits per heavy atom. The normalized spacial score (nSPS) is 25.2. The molecule has 2 saturated heterocycles. The van der Waals surface area contributed by atoms with Crippen molar-refractivity contribution in [2.45, 2.75) is 50.7 Å². The summed E-state index contributed by atoms with van der Waals surface area (Å²) in [5.41, 5.74) is 0. The Balaban J connectivity index is 1.48. The molecule has 2 N–H and O–H groups in total. The second-order valence-electron chi connectivity index (χ2n) is 5.41. The Kier molecular flexibility index (Phi) is 6.61. The Labute approximate surface area is 115 Å². The van der Waals surface area contributed by atoms with Gasteiger partial charge in [0.05, 0.1) is 12.6 Å². The molecular weight excluding hydrogens is 244 g/mol. The van der Waals surface area contributed by atoms with E-state index in [4.69, 9.17) is 9.47 Å². The zero-order valence-electron chi connectivity index (χ0n) is 11.7. The lowest BCUT2D eigenvalue weighted by Gasteiger charge is -2.24. The number of ether oxygens (including phenoxy) is 2. The van der Waals surface area contributed by atoms with Crippen LogP contribution in [0.2, 0.25) is 0 Å². The summed E-state index contributed by atoms with van der Waals surface area (Å²) in [5.74, 6) is 0.0939. The highest BCUT2D eigenvalue weighted by Crippen LogP contribution is 2.14. The van der Waals surface area contributed by atoms with Crippen molar-refractivity contribution in [2.75, 3.05) is 32.9 Å². The van der Waals surface area contributed by atoms with Crippen LogP contribution in [-0.2, 0) is 14.3 Å². The van der Waals surface area contributed by atoms with Crippen molar-refractivity contribution in [3.05, 3.63) is 0 Å². The minimum Gasteiger partial charge on any atom is -0.381 e. The zero-order chi connectivity index (χ0) is 13.3. The smallest absolute Gasteiger partial charge is 0.234 e. The molecule has 2 rings (SSSR count). The van der Waals surface area contributed by atoms with Crippen LogP contribution in [0.25, 0.3) is 0 Å². The molecule has 1 amide bonds. The summed E-state index contributed by atoms with van der Waals surface area (Å²) in [6, 6.07) is 0.296. The van der Waals surface area contributed by atoms with Crippen LogP contribution in [0.3, 0.4) is 0 Å². The monoisotopic (exact) mass is 270 g/mol. The van der Waals surface area contributed by atoms with Gasteiger partial charge in [-0.05, 0) is 45.1 Å². The van der Waals surface area contributed by atoms with Crippen LogP contribution >= 0.6 is 0 Å². The molecule has 5 heteroatoms. The van der Waals surface area contributed by atoms with E-state index in [1.54, 1.807) is 0 Å². The Hall–Kier alpha value is -0.650. The first-order valence-electron chi connectivity index (χ1n) is 7.54. The van der Waals surface area contributed by atoms with Crippen molar-refractivity contribution >= 4 is 5.91 Å². The molecule has 2 fully saturated rings. The lowest BCUT2D eigenvalue weighted by molar-refractivity contribution is -0.121. The van der Waals surface area contributed by atoms with Gasteiger partial charge in [0.25, 0.3) is 0 Å². The standard InChI is InChI=1S/C14H26N2O3/c17-14(16-12-5-9-18-10-6-12)11-15-7-4-13-3-1-2-8-19-13/h12-13,15H,1-11H2,(H,16,17). The molecular formula is C14H26N2O3. The quantitative estimate of drug-likeness (QED) is 0.702. The second kappa shape index (κ2) is 8.51. The molecule has 0 aromatic heterocycles. The maximum absolute atomic E-state index is 11.7. The van der Waals surface area contributed by atoms with Gasteiger partial charge in [-0.2, -0.15) is 0 Å². The van der Waals surface area contributed by atoms with Crippen LogP contribution in [0.15, 0.2) is 0 Å². The number of hydrogen-bond donors (Lipinski definition) is 2. The third-order valence-corrected chi connectivity index (χ3v) is 3.79. The summed E-state index contributed by atoms with van der Waals surface area (Å²) in [5, 5.41) is 6.24. The molecule has 5 nitrogen and oxygen atoms in total. The molecule has 110 valence electrons. The molecule has 0 aromatic carbocycles. The summed E-state index contributed by atoms with van der Waals surface area (Å²) >= 11 is 0. The predicted octanol–water partition coefficient (Wildman–Crippen LogP) is 0.830. The molecule has 1 unspecified atom stereocenters. The molecule has 0 aliphatic carbocycles. The molecule has 1 atom stereocenters. The first-order chi connectivity index (χ1) is 9.34. The molecule has 2 heterocycles. The van der Waals surface area contributed by atoms with Crippen LogP contribution in [0.4, 0.5) is 0 Å². The summed E-state index contributed by atoms with van der Waals surface area (Å²) in [6.45, 7) is 3.68. The highest BCUT2D eigenvalue weighted by molar-refractivity contribution is 5.78. The molecule has 0 saturated carbocycles. The largest absolute Gasteiger partial charge is 0.381 e. The van der Waals surface area contributed by atoms with E-state index in [-0.39, 0.29) is 5.91 Å². The van der Waals surface area contributed by atoms with Gasteiger partial charge in [-0.15, -0.1) is 0 Å². The van der Waals surface area contributed by atoms with Gasteiger partial charge in [0, 0.05) is 25.9 Å². The number of carbonyl (C=O) groups is 1. The van der Waals surface area contributed by atoms with E-state index in [2.05, 4.69) is 10.6 Å². The van der Waals surface area contributed by atoms with E-state index in [0.29, 0.717) is 18.7 Å². The maximum Gasteiger partial charge on any atom is 0.234 e. The average molecular weight is 270 g/mol. The van der Waals surface area contributed by atoms with Gasteiger partial charge in [-0.25, -0.2) is 0 Å². The topological polar surface area (TPSA) is 59.6 Å². The fourth-order valence-corrected chi connectivity index (χ4v) is 2.62. The maximum atomic E-state index is 11.7. The van der Waals surface area contributed by atoms with E-state index in [1.807, 2.05) is 0 Å². The van der Waals surface area contributed by atoms with Crippen molar-refractivity contribution in [3.63, 3.8) is 0 Å². The second-order valence-corrected chi connectivity index (χ2v) is 5.41. The third kappa shape index (κ3) is 5.89. The summed E-state index contributed by atoms with van der Waals surface area (Å²) < 4.78 is 10.9. The van der Waals surface area contributed by atoms with E-state index < -0.39 is 0 Å². The lowest BCUT2D eigenvalue weighted by atomic mass is 10.1.